The van der Waals surface area contributed by atoms with Crippen LogP contribution in [0.3, 0.4) is 0 Å². The van der Waals surface area contributed by atoms with Crippen LogP contribution in [0.15, 0.2) is 22.8 Å². The molecule has 1 amide bonds. The van der Waals surface area contributed by atoms with Crippen LogP contribution in [0.5, 0.6) is 0 Å². The third kappa shape index (κ3) is 1.85. The van der Waals surface area contributed by atoms with Crippen molar-refractivity contribution in [2.24, 2.45) is 0 Å². The monoisotopic (exact) mass is 220 g/mol. The van der Waals surface area contributed by atoms with E-state index in [9.17, 15) is 4.79 Å². The third-order valence-electron chi connectivity index (χ3n) is 3.55. The maximum absolute atomic E-state index is 11.8. The van der Waals surface area contributed by atoms with Crippen molar-refractivity contribution >= 4 is 5.91 Å². The third-order valence-corrected chi connectivity index (χ3v) is 3.55. The first kappa shape index (κ1) is 9.90. The van der Waals surface area contributed by atoms with Gasteiger partial charge in [0.1, 0.15) is 0 Å². The Labute approximate surface area is 94.4 Å². The standard InChI is InChI=1S/C12H16N2O2/c15-12(11-2-1-5-16-11)14-10-6-8-3-4-9(7-10)13-8/h1-2,5,8-10,13H,3-4,6-7H2,(H,14,15). The van der Waals surface area contributed by atoms with E-state index < -0.39 is 0 Å². The predicted molar refractivity (Wildman–Crippen MR) is 59.1 cm³/mol. The van der Waals surface area contributed by atoms with E-state index in [0.717, 1.165) is 12.8 Å². The number of fused-ring (bicyclic) bond motifs is 2. The molecule has 3 rings (SSSR count). The molecule has 2 aliphatic heterocycles. The zero-order valence-corrected chi connectivity index (χ0v) is 9.11. The molecule has 86 valence electrons. The van der Waals surface area contributed by atoms with Crippen LogP contribution in [0.2, 0.25) is 0 Å². The van der Waals surface area contributed by atoms with Gasteiger partial charge in [-0.1, -0.05) is 0 Å². The molecule has 0 radical (unpaired) electrons. The zero-order chi connectivity index (χ0) is 11.0. The number of hydrogen-bond acceptors (Lipinski definition) is 3. The van der Waals surface area contributed by atoms with Gasteiger partial charge in [0.25, 0.3) is 5.91 Å². The highest BCUT2D eigenvalue weighted by atomic mass is 16.3. The first-order chi connectivity index (χ1) is 7.81. The molecule has 2 aliphatic rings. The lowest BCUT2D eigenvalue weighted by atomic mass is 10.00. The minimum absolute atomic E-state index is 0.0868. The summed E-state index contributed by atoms with van der Waals surface area (Å²) in [6.45, 7) is 0. The van der Waals surface area contributed by atoms with Gasteiger partial charge >= 0.3 is 0 Å². The lowest BCUT2D eigenvalue weighted by Gasteiger charge is -2.29. The van der Waals surface area contributed by atoms with E-state index >= 15 is 0 Å². The van der Waals surface area contributed by atoms with Crippen LogP contribution in [-0.4, -0.2) is 24.0 Å². The maximum atomic E-state index is 11.8. The van der Waals surface area contributed by atoms with Crippen LogP contribution in [0.25, 0.3) is 0 Å². The fourth-order valence-corrected chi connectivity index (χ4v) is 2.84. The van der Waals surface area contributed by atoms with Crippen molar-refractivity contribution in [1.82, 2.24) is 10.6 Å². The second-order valence-electron chi connectivity index (χ2n) is 4.76. The lowest BCUT2D eigenvalue weighted by molar-refractivity contribution is 0.0896. The summed E-state index contributed by atoms with van der Waals surface area (Å²) in [5.74, 6) is 0.321. The lowest BCUT2D eigenvalue weighted by Crippen LogP contribution is -2.47. The molecule has 1 aromatic heterocycles. The molecule has 0 saturated carbocycles. The summed E-state index contributed by atoms with van der Waals surface area (Å²) in [5.41, 5.74) is 0. The van der Waals surface area contributed by atoms with E-state index in [1.807, 2.05) is 0 Å². The first-order valence-corrected chi connectivity index (χ1v) is 5.91. The topological polar surface area (TPSA) is 54.3 Å². The van der Waals surface area contributed by atoms with Crippen molar-refractivity contribution < 1.29 is 9.21 Å². The Bertz CT molecular complexity index is 362. The summed E-state index contributed by atoms with van der Waals surface area (Å²) in [7, 11) is 0. The Morgan fingerprint density at radius 3 is 2.75 bits per heavy atom. The van der Waals surface area contributed by atoms with Crippen molar-refractivity contribution in [1.29, 1.82) is 0 Å². The molecule has 4 heteroatoms. The minimum Gasteiger partial charge on any atom is -0.459 e. The van der Waals surface area contributed by atoms with E-state index in [2.05, 4.69) is 10.6 Å². The number of hydrogen-bond donors (Lipinski definition) is 2. The van der Waals surface area contributed by atoms with Gasteiger partial charge in [-0.3, -0.25) is 4.79 Å². The highest BCUT2D eigenvalue weighted by Crippen LogP contribution is 2.26. The van der Waals surface area contributed by atoms with Crippen molar-refractivity contribution in [3.8, 4) is 0 Å². The zero-order valence-electron chi connectivity index (χ0n) is 9.11. The fourth-order valence-electron chi connectivity index (χ4n) is 2.84. The normalized spacial score (nSPS) is 32.6. The van der Waals surface area contributed by atoms with Gasteiger partial charge in [-0.25, -0.2) is 0 Å². The summed E-state index contributed by atoms with van der Waals surface area (Å²) in [6, 6.07) is 4.93. The Kier molecular flexibility index (Phi) is 2.44. The van der Waals surface area contributed by atoms with Gasteiger partial charge in [0.2, 0.25) is 0 Å². The van der Waals surface area contributed by atoms with Crippen LogP contribution in [-0.2, 0) is 0 Å². The number of rotatable bonds is 2. The van der Waals surface area contributed by atoms with Gasteiger partial charge in [0.05, 0.1) is 6.26 Å². The molecule has 4 nitrogen and oxygen atoms in total. The molecule has 3 heterocycles. The van der Waals surface area contributed by atoms with Gasteiger partial charge in [0, 0.05) is 18.1 Å². The fraction of sp³-hybridized carbons (Fsp3) is 0.583. The SMILES string of the molecule is O=C(NC1CC2CCC(C1)N2)c1ccco1. The van der Waals surface area contributed by atoms with Gasteiger partial charge < -0.3 is 15.1 Å². The molecule has 2 fully saturated rings. The van der Waals surface area contributed by atoms with Crippen LogP contribution < -0.4 is 10.6 Å². The van der Waals surface area contributed by atoms with Crippen LogP contribution in [0, 0.1) is 0 Å². The largest absolute Gasteiger partial charge is 0.459 e. The summed E-state index contributed by atoms with van der Waals surface area (Å²) in [6.07, 6.45) is 6.11. The molecule has 0 aromatic carbocycles. The molecule has 2 atom stereocenters. The van der Waals surface area contributed by atoms with Gasteiger partial charge in [-0.05, 0) is 37.8 Å². The summed E-state index contributed by atoms with van der Waals surface area (Å²) < 4.78 is 5.08. The summed E-state index contributed by atoms with van der Waals surface area (Å²) in [4.78, 5) is 11.8. The molecule has 1 aromatic rings. The first-order valence-electron chi connectivity index (χ1n) is 5.91. The highest BCUT2D eigenvalue weighted by molar-refractivity contribution is 5.91. The van der Waals surface area contributed by atoms with Crippen molar-refractivity contribution in [2.45, 2.75) is 43.8 Å². The van der Waals surface area contributed by atoms with Crippen molar-refractivity contribution in [2.75, 3.05) is 0 Å². The molecule has 2 bridgehead atoms. The smallest absolute Gasteiger partial charge is 0.287 e. The number of furan rings is 1. The van der Waals surface area contributed by atoms with E-state index in [4.69, 9.17) is 4.42 Å². The Balaban J connectivity index is 1.61. The molecule has 2 saturated heterocycles. The van der Waals surface area contributed by atoms with Gasteiger partial charge in [-0.15, -0.1) is 0 Å². The maximum Gasteiger partial charge on any atom is 0.287 e. The van der Waals surface area contributed by atoms with Crippen LogP contribution in [0.4, 0.5) is 0 Å². The number of amides is 1. The van der Waals surface area contributed by atoms with E-state index in [0.29, 0.717) is 23.9 Å². The van der Waals surface area contributed by atoms with Gasteiger partial charge in [-0.2, -0.15) is 0 Å². The predicted octanol–water partition coefficient (Wildman–Crippen LogP) is 1.29. The molecular weight excluding hydrogens is 204 g/mol. The minimum atomic E-state index is -0.0868. The van der Waals surface area contributed by atoms with Crippen LogP contribution >= 0.6 is 0 Å². The average Bonchev–Trinajstić information content (AvgIpc) is 2.88. The molecular formula is C12H16N2O2. The Morgan fingerprint density at radius 1 is 1.38 bits per heavy atom. The average molecular weight is 220 g/mol. The molecule has 2 N–H and O–H groups in total. The second-order valence-corrected chi connectivity index (χ2v) is 4.76. The second kappa shape index (κ2) is 3.94. The molecule has 0 spiro atoms. The summed E-state index contributed by atoms with van der Waals surface area (Å²) >= 11 is 0. The van der Waals surface area contributed by atoms with Gasteiger partial charge in [0.15, 0.2) is 5.76 Å². The quantitative estimate of drug-likeness (QED) is 0.789. The van der Waals surface area contributed by atoms with Crippen molar-refractivity contribution in [3.05, 3.63) is 24.2 Å². The van der Waals surface area contributed by atoms with E-state index in [1.54, 1.807) is 12.1 Å². The number of carbonyl (C=O) groups excluding carboxylic acids is 1. The van der Waals surface area contributed by atoms with E-state index in [-0.39, 0.29) is 5.91 Å². The van der Waals surface area contributed by atoms with Crippen LogP contribution in [0.1, 0.15) is 36.2 Å². The molecule has 16 heavy (non-hydrogen) atoms. The summed E-state index contributed by atoms with van der Waals surface area (Å²) in [5, 5.41) is 6.60. The number of piperidine rings is 1. The highest BCUT2D eigenvalue weighted by Gasteiger charge is 2.34. The Hall–Kier alpha value is -1.29. The number of carbonyl (C=O) groups is 1. The Morgan fingerprint density at radius 2 is 2.12 bits per heavy atom. The van der Waals surface area contributed by atoms with E-state index in [1.165, 1.54) is 19.1 Å². The molecule has 2 unspecified atom stereocenters. The molecule has 0 aliphatic carbocycles. The van der Waals surface area contributed by atoms with Crippen molar-refractivity contribution in [3.63, 3.8) is 0 Å². The number of nitrogens with one attached hydrogen (secondary N) is 2.